The number of hydrogen-bond acceptors (Lipinski definition) is 3. The van der Waals surface area contributed by atoms with Crippen LogP contribution < -0.4 is 11.1 Å². The molecule has 0 aliphatic heterocycles. The fourth-order valence-electron chi connectivity index (χ4n) is 1.71. The van der Waals surface area contributed by atoms with Gasteiger partial charge in [0.2, 0.25) is 0 Å². The minimum Gasteiger partial charge on any atom is -0.382 e. The van der Waals surface area contributed by atoms with Gasteiger partial charge in [-0.15, -0.1) is 0 Å². The average Bonchev–Trinajstić information content (AvgIpc) is 2.41. The number of carbonyl (C=O) groups is 1. The summed E-state index contributed by atoms with van der Waals surface area (Å²) in [5.41, 5.74) is 6.90. The lowest BCUT2D eigenvalue weighted by Crippen LogP contribution is -2.26. The summed E-state index contributed by atoms with van der Waals surface area (Å²) in [6, 6.07) is 9.14. The van der Waals surface area contributed by atoms with Crippen molar-refractivity contribution in [3.8, 4) is 0 Å². The van der Waals surface area contributed by atoms with E-state index in [-0.39, 0.29) is 22.8 Å². The van der Waals surface area contributed by atoms with Gasteiger partial charge in [-0.05, 0) is 30.7 Å². The first-order valence-corrected chi connectivity index (χ1v) is 7.12. The molecule has 0 radical (unpaired) electrons. The number of carbonyl (C=O) groups excluding carboxylic acids is 1. The number of halogens is 2. The van der Waals surface area contributed by atoms with Gasteiger partial charge >= 0.3 is 0 Å². The Bertz CT molecular complexity index is 648. The molecule has 0 bridgehead atoms. The van der Waals surface area contributed by atoms with E-state index in [2.05, 4.69) is 26.2 Å². The van der Waals surface area contributed by atoms with Gasteiger partial charge in [-0.1, -0.05) is 39.7 Å². The molecular formula is C14H13BrClN3O. The van der Waals surface area contributed by atoms with Crippen LogP contribution in [0.15, 0.2) is 41.0 Å². The molecule has 1 heterocycles. The van der Waals surface area contributed by atoms with Gasteiger partial charge in [0, 0.05) is 10.7 Å². The molecule has 1 atom stereocenters. The van der Waals surface area contributed by atoms with Crippen LogP contribution in [0, 0.1) is 0 Å². The summed E-state index contributed by atoms with van der Waals surface area (Å²) >= 11 is 9.26. The van der Waals surface area contributed by atoms with E-state index >= 15 is 0 Å². The molecule has 1 aromatic heterocycles. The maximum atomic E-state index is 12.1. The molecule has 20 heavy (non-hydrogen) atoms. The molecule has 1 unspecified atom stereocenters. The predicted molar refractivity (Wildman–Crippen MR) is 83.7 cm³/mol. The lowest BCUT2D eigenvalue weighted by Gasteiger charge is -2.14. The quantitative estimate of drug-likeness (QED) is 0.885. The summed E-state index contributed by atoms with van der Waals surface area (Å²) in [6.07, 6.45) is 1.41. The monoisotopic (exact) mass is 353 g/mol. The smallest absolute Gasteiger partial charge is 0.253 e. The zero-order valence-electron chi connectivity index (χ0n) is 10.7. The second-order valence-electron chi connectivity index (χ2n) is 4.34. The zero-order chi connectivity index (χ0) is 14.7. The van der Waals surface area contributed by atoms with E-state index in [1.54, 1.807) is 0 Å². The van der Waals surface area contributed by atoms with Crippen molar-refractivity contribution in [3.63, 3.8) is 0 Å². The van der Waals surface area contributed by atoms with Crippen LogP contribution in [0.1, 0.15) is 28.9 Å². The van der Waals surface area contributed by atoms with Crippen LogP contribution >= 0.6 is 27.5 Å². The van der Waals surface area contributed by atoms with Crippen molar-refractivity contribution in [2.24, 2.45) is 0 Å². The van der Waals surface area contributed by atoms with Gasteiger partial charge in [0.15, 0.2) is 0 Å². The van der Waals surface area contributed by atoms with E-state index in [4.69, 9.17) is 17.3 Å². The Labute approximate surface area is 130 Å². The van der Waals surface area contributed by atoms with Crippen LogP contribution in [0.3, 0.4) is 0 Å². The molecular weight excluding hydrogens is 342 g/mol. The number of amides is 1. The molecule has 0 aliphatic carbocycles. The summed E-state index contributed by atoms with van der Waals surface area (Å²) in [6.45, 7) is 1.91. The maximum absolute atomic E-state index is 12.1. The Hall–Kier alpha value is -1.59. The van der Waals surface area contributed by atoms with Gasteiger partial charge in [0.25, 0.3) is 5.91 Å². The SMILES string of the molecule is CC(NC(=O)c1cnc(N)c(Cl)c1)c1cccc(Br)c1. The van der Waals surface area contributed by atoms with Gasteiger partial charge in [0.05, 0.1) is 16.6 Å². The number of rotatable bonds is 3. The van der Waals surface area contributed by atoms with Gasteiger partial charge in [0.1, 0.15) is 5.82 Å². The lowest BCUT2D eigenvalue weighted by atomic mass is 10.1. The number of nitrogens with zero attached hydrogens (tertiary/aromatic N) is 1. The maximum Gasteiger partial charge on any atom is 0.253 e. The first kappa shape index (κ1) is 14.8. The Morgan fingerprint density at radius 2 is 2.20 bits per heavy atom. The van der Waals surface area contributed by atoms with Crippen molar-refractivity contribution < 1.29 is 4.79 Å². The molecule has 2 rings (SSSR count). The molecule has 0 aliphatic rings. The minimum atomic E-state index is -0.244. The van der Waals surface area contributed by atoms with Gasteiger partial charge in [-0.2, -0.15) is 0 Å². The normalized spacial score (nSPS) is 11.9. The molecule has 1 aromatic carbocycles. The predicted octanol–water partition coefficient (Wildman–Crippen LogP) is 3.57. The van der Waals surface area contributed by atoms with Crippen LogP contribution in [0.25, 0.3) is 0 Å². The Kier molecular flexibility index (Phi) is 4.62. The highest BCUT2D eigenvalue weighted by molar-refractivity contribution is 9.10. The molecule has 4 nitrogen and oxygen atoms in total. The molecule has 0 saturated carbocycles. The average molecular weight is 355 g/mol. The minimum absolute atomic E-state index is 0.128. The second kappa shape index (κ2) is 6.24. The third kappa shape index (κ3) is 3.49. The fourth-order valence-corrected chi connectivity index (χ4v) is 2.30. The van der Waals surface area contributed by atoms with Crippen LogP contribution in [0.4, 0.5) is 5.82 Å². The van der Waals surface area contributed by atoms with Gasteiger partial charge in [-0.3, -0.25) is 4.79 Å². The first-order chi connectivity index (χ1) is 9.47. The van der Waals surface area contributed by atoms with E-state index in [1.165, 1.54) is 12.3 Å². The number of nitrogens with one attached hydrogen (secondary N) is 1. The largest absolute Gasteiger partial charge is 0.382 e. The first-order valence-electron chi connectivity index (χ1n) is 5.94. The van der Waals surface area contributed by atoms with Gasteiger partial charge < -0.3 is 11.1 Å². The molecule has 104 valence electrons. The molecule has 0 fully saturated rings. The second-order valence-corrected chi connectivity index (χ2v) is 5.66. The van der Waals surface area contributed by atoms with Crippen LogP contribution in [-0.4, -0.2) is 10.9 Å². The number of pyridine rings is 1. The molecule has 0 saturated heterocycles. The number of hydrogen-bond donors (Lipinski definition) is 2. The number of benzene rings is 1. The van der Waals surface area contributed by atoms with E-state index < -0.39 is 0 Å². The van der Waals surface area contributed by atoms with Crippen LogP contribution in [-0.2, 0) is 0 Å². The third-order valence-electron chi connectivity index (χ3n) is 2.83. The number of nitrogen functional groups attached to an aromatic ring is 1. The van der Waals surface area contributed by atoms with E-state index in [9.17, 15) is 4.79 Å². The highest BCUT2D eigenvalue weighted by atomic mass is 79.9. The van der Waals surface area contributed by atoms with Crippen molar-refractivity contribution in [2.45, 2.75) is 13.0 Å². The summed E-state index contributed by atoms with van der Waals surface area (Å²) in [5.74, 6) is -0.0323. The van der Waals surface area contributed by atoms with E-state index in [0.717, 1.165) is 10.0 Å². The van der Waals surface area contributed by atoms with E-state index in [1.807, 2.05) is 31.2 Å². The standard InChI is InChI=1S/C14H13BrClN3O/c1-8(9-3-2-4-11(15)5-9)19-14(20)10-6-12(16)13(17)18-7-10/h2-8H,1H3,(H2,17,18)(H,19,20). The van der Waals surface area contributed by atoms with Crippen molar-refractivity contribution in [3.05, 3.63) is 57.2 Å². The summed E-state index contributed by atoms with van der Waals surface area (Å²) < 4.78 is 0.966. The highest BCUT2D eigenvalue weighted by Crippen LogP contribution is 2.20. The molecule has 0 spiro atoms. The van der Waals surface area contributed by atoms with Crippen LogP contribution in [0.2, 0.25) is 5.02 Å². The molecule has 1 amide bonds. The summed E-state index contributed by atoms with van der Waals surface area (Å²) in [7, 11) is 0. The zero-order valence-corrected chi connectivity index (χ0v) is 13.1. The van der Waals surface area contributed by atoms with Crippen LogP contribution in [0.5, 0.6) is 0 Å². The van der Waals surface area contributed by atoms with E-state index in [0.29, 0.717) is 5.56 Å². The van der Waals surface area contributed by atoms with Crippen molar-refractivity contribution in [2.75, 3.05) is 5.73 Å². The van der Waals surface area contributed by atoms with Crippen molar-refractivity contribution in [1.29, 1.82) is 0 Å². The number of anilines is 1. The lowest BCUT2D eigenvalue weighted by molar-refractivity contribution is 0.0939. The highest BCUT2D eigenvalue weighted by Gasteiger charge is 2.13. The molecule has 2 aromatic rings. The number of nitrogens with two attached hydrogens (primary N) is 1. The Morgan fingerprint density at radius 3 is 2.85 bits per heavy atom. The van der Waals surface area contributed by atoms with Crippen molar-refractivity contribution >= 4 is 39.3 Å². The molecule has 6 heteroatoms. The Balaban J connectivity index is 2.13. The Morgan fingerprint density at radius 1 is 1.45 bits per heavy atom. The topological polar surface area (TPSA) is 68.0 Å². The summed E-state index contributed by atoms with van der Waals surface area (Å²) in [5, 5.41) is 3.16. The third-order valence-corrected chi connectivity index (χ3v) is 3.62. The van der Waals surface area contributed by atoms with Gasteiger partial charge in [-0.25, -0.2) is 4.98 Å². The molecule has 3 N–H and O–H groups in total. The van der Waals surface area contributed by atoms with Crippen molar-refractivity contribution in [1.82, 2.24) is 10.3 Å². The summed E-state index contributed by atoms with van der Waals surface area (Å²) in [4.78, 5) is 16.0. The fraction of sp³-hybridized carbons (Fsp3) is 0.143. The number of aromatic nitrogens is 1.